The van der Waals surface area contributed by atoms with Gasteiger partial charge in [-0.2, -0.15) is 0 Å². The highest BCUT2D eigenvalue weighted by atomic mass is 32.2. The molecule has 0 saturated carbocycles. The Kier molecular flexibility index (Phi) is 20.7. The normalized spacial score (nSPS) is 17.0. The van der Waals surface area contributed by atoms with Gasteiger partial charge in [0.25, 0.3) is 0 Å². The molecule has 1 aromatic heterocycles. The predicted molar refractivity (Wildman–Crippen MR) is 267 cm³/mol. The highest BCUT2D eigenvalue weighted by Crippen LogP contribution is 2.46. The van der Waals surface area contributed by atoms with Crippen molar-refractivity contribution in [2.75, 3.05) is 0 Å². The van der Waals surface area contributed by atoms with Gasteiger partial charge in [-0.05, 0) is 131 Å². The second kappa shape index (κ2) is 21.7. The first kappa shape index (κ1) is 56.2. The number of carbonyl (C=O) groups is 1. The maximum Gasteiger partial charge on any atom is 0.308 e. The van der Waals surface area contributed by atoms with E-state index in [0.29, 0.717) is 6.42 Å². The van der Waals surface area contributed by atoms with Crippen LogP contribution in [0.1, 0.15) is 160 Å². The summed E-state index contributed by atoms with van der Waals surface area (Å²) in [5.74, 6) is -0.0649. The lowest BCUT2D eigenvalue weighted by Gasteiger charge is -2.48. The van der Waals surface area contributed by atoms with Gasteiger partial charge < -0.3 is 18.4 Å². The summed E-state index contributed by atoms with van der Waals surface area (Å²) < 4.78 is 20.4. The molecule has 342 valence electrons. The standard InChI is InChI=1S/C48H90NO5S2Si3/c1-35(26-24-28-36(2)32-40-34-55-39(5)49-40)27-25-29-37(3)43(54-59(22,23)45(9,10)11)38(4)56-48(16,17)41(53-58(20,21)44(6,7)8)33-42(50)52-46(12,13)30-31-47(14,15)57(18,19)51/h25-26,29,32,34,37-38,41,43H,24,27-28,30-31,33H2,1-23H3/q-1/b29-25-,35-26-,36-32+/t37-,38+,41?,43-/m0/s1. The number of hydrogen-bond acceptors (Lipinski definition) is 8. The Labute approximate surface area is 376 Å². The Hall–Kier alpha value is -0.799. The van der Waals surface area contributed by atoms with Crippen molar-refractivity contribution in [1.82, 2.24) is 4.98 Å². The average Bonchev–Trinajstić information content (AvgIpc) is 3.44. The summed E-state index contributed by atoms with van der Waals surface area (Å²) in [6.07, 6.45) is 13.4. The molecule has 1 rings (SSSR count). The minimum absolute atomic E-state index is 0.0283. The Morgan fingerprint density at radius 1 is 0.864 bits per heavy atom. The highest BCUT2D eigenvalue weighted by Gasteiger charge is 2.47. The molecule has 0 amide bonds. The van der Waals surface area contributed by atoms with Crippen molar-refractivity contribution >= 4 is 60.1 Å². The Morgan fingerprint density at radius 2 is 1.41 bits per heavy atom. The van der Waals surface area contributed by atoms with Gasteiger partial charge >= 0.3 is 5.97 Å². The molecule has 59 heavy (non-hydrogen) atoms. The maximum absolute atomic E-state index is 14.0. The second-order valence-electron chi connectivity index (χ2n) is 22.8. The summed E-state index contributed by atoms with van der Waals surface area (Å²) in [5.41, 5.74) is 3.10. The van der Waals surface area contributed by atoms with E-state index in [2.05, 4.69) is 158 Å². The molecule has 0 aliphatic heterocycles. The van der Waals surface area contributed by atoms with Crippen LogP contribution in [0, 0.1) is 12.8 Å². The van der Waals surface area contributed by atoms with Gasteiger partial charge in [-0.25, -0.2) is 4.98 Å². The number of aromatic nitrogens is 1. The van der Waals surface area contributed by atoms with E-state index < -0.39 is 35.3 Å². The lowest BCUT2D eigenvalue weighted by molar-refractivity contribution is -0.213. The fourth-order valence-electron chi connectivity index (χ4n) is 6.18. The molecule has 0 fully saturated rings. The number of rotatable bonds is 23. The monoisotopic (exact) mass is 909 g/mol. The van der Waals surface area contributed by atoms with Crippen LogP contribution in [-0.4, -0.2) is 63.7 Å². The minimum Gasteiger partial charge on any atom is -0.858 e. The van der Waals surface area contributed by atoms with Crippen molar-refractivity contribution in [3.8, 4) is 0 Å². The van der Waals surface area contributed by atoms with Gasteiger partial charge in [-0.3, -0.25) is 4.79 Å². The third kappa shape index (κ3) is 18.8. The minimum atomic E-state index is -2.64. The fraction of sp³-hybridized carbons (Fsp3) is 0.792. The van der Waals surface area contributed by atoms with Crippen LogP contribution in [0.2, 0.25) is 54.4 Å². The molecule has 1 aromatic rings. The van der Waals surface area contributed by atoms with Gasteiger partial charge in [-0.1, -0.05) is 117 Å². The summed E-state index contributed by atoms with van der Waals surface area (Å²) in [7, 11) is -7.07. The largest absolute Gasteiger partial charge is 0.858 e. The van der Waals surface area contributed by atoms with Crippen LogP contribution < -0.4 is 4.80 Å². The molecule has 1 heterocycles. The van der Waals surface area contributed by atoms with Crippen LogP contribution in [0.15, 0.2) is 34.8 Å². The first-order valence-electron chi connectivity index (χ1n) is 22.2. The number of allylic oxidation sites excluding steroid dienone is 4. The van der Waals surface area contributed by atoms with Crippen LogP contribution in [0.3, 0.4) is 0 Å². The van der Waals surface area contributed by atoms with E-state index in [-0.39, 0.29) is 50.9 Å². The number of carbonyl (C=O) groups excluding carboxylic acids is 1. The summed E-state index contributed by atoms with van der Waals surface area (Å²) in [6, 6.07) is 0. The van der Waals surface area contributed by atoms with Crippen LogP contribution in [0.25, 0.3) is 6.08 Å². The molecule has 6 nitrogen and oxygen atoms in total. The van der Waals surface area contributed by atoms with Crippen LogP contribution in [0.4, 0.5) is 0 Å². The van der Waals surface area contributed by atoms with E-state index in [1.54, 1.807) is 11.3 Å². The lowest BCUT2D eigenvalue weighted by atomic mass is 9.96. The van der Waals surface area contributed by atoms with E-state index in [1.165, 1.54) is 11.1 Å². The van der Waals surface area contributed by atoms with Gasteiger partial charge in [0.15, 0.2) is 16.6 Å². The van der Waals surface area contributed by atoms with Crippen molar-refractivity contribution in [2.45, 2.75) is 238 Å². The Balaban J connectivity index is 3.35. The van der Waals surface area contributed by atoms with Gasteiger partial charge in [0.05, 0.1) is 29.3 Å². The molecule has 0 aromatic carbocycles. The average molecular weight is 910 g/mol. The van der Waals surface area contributed by atoms with Crippen molar-refractivity contribution in [2.24, 2.45) is 5.92 Å². The first-order chi connectivity index (χ1) is 26.3. The van der Waals surface area contributed by atoms with Gasteiger partial charge in [0, 0.05) is 21.3 Å². The molecule has 0 radical (unpaired) electrons. The van der Waals surface area contributed by atoms with Gasteiger partial charge in [-0.15, -0.1) is 23.1 Å². The van der Waals surface area contributed by atoms with E-state index in [0.717, 1.165) is 36.4 Å². The molecule has 0 saturated heterocycles. The van der Waals surface area contributed by atoms with E-state index in [4.69, 9.17) is 13.6 Å². The van der Waals surface area contributed by atoms with E-state index >= 15 is 0 Å². The zero-order valence-electron chi connectivity index (χ0n) is 42.2. The van der Waals surface area contributed by atoms with Crippen molar-refractivity contribution < 1.29 is 23.2 Å². The summed E-state index contributed by atoms with van der Waals surface area (Å²) >= 11 is 3.58. The summed E-state index contributed by atoms with van der Waals surface area (Å²) in [6.45, 7) is 50.3. The first-order valence-corrected chi connectivity index (χ1v) is 32.7. The Bertz CT molecular complexity index is 1570. The number of ether oxygens (including phenoxy) is 1. The van der Waals surface area contributed by atoms with Gasteiger partial charge in [0.1, 0.15) is 5.60 Å². The molecule has 0 bridgehead atoms. The second-order valence-corrected chi connectivity index (χ2v) is 39.8. The number of thioether (sulfide) groups is 1. The zero-order chi connectivity index (χ0) is 46.2. The third-order valence-electron chi connectivity index (χ3n) is 13.4. The number of thiazole rings is 1. The summed E-state index contributed by atoms with van der Waals surface area (Å²) in [5, 5.41) is 3.07. The molecule has 0 spiro atoms. The van der Waals surface area contributed by atoms with Crippen LogP contribution in [0.5, 0.6) is 0 Å². The topological polar surface area (TPSA) is 80.7 Å². The lowest BCUT2D eigenvalue weighted by Crippen LogP contribution is -2.53. The van der Waals surface area contributed by atoms with Crippen molar-refractivity contribution in [1.29, 1.82) is 0 Å². The van der Waals surface area contributed by atoms with Crippen molar-refractivity contribution in [3.05, 3.63) is 45.5 Å². The van der Waals surface area contributed by atoms with Crippen LogP contribution in [-0.2, 0) is 18.4 Å². The smallest absolute Gasteiger partial charge is 0.308 e. The molecule has 0 aliphatic rings. The van der Waals surface area contributed by atoms with E-state index in [1.807, 2.05) is 45.6 Å². The number of hydrogen-bond donors (Lipinski definition) is 0. The molecule has 4 atom stereocenters. The molecule has 0 aliphatic carbocycles. The number of aryl methyl sites for hydroxylation is 1. The summed E-state index contributed by atoms with van der Waals surface area (Å²) in [4.78, 5) is 31.6. The Morgan fingerprint density at radius 3 is 1.90 bits per heavy atom. The molecular formula is C48H90NO5S2Si3-. The fourth-order valence-corrected chi connectivity index (χ4v) is 12.2. The zero-order valence-corrected chi connectivity index (χ0v) is 46.9. The highest BCUT2D eigenvalue weighted by molar-refractivity contribution is 8.01. The number of esters is 1. The third-order valence-corrected chi connectivity index (χ3v) is 28.2. The van der Waals surface area contributed by atoms with Gasteiger partial charge in [0.2, 0.25) is 0 Å². The predicted octanol–water partition coefficient (Wildman–Crippen LogP) is 14.7. The molecule has 11 heteroatoms. The SMILES string of the molecule is C/C(=C/CC/C(C)=C/c1csc(C)n1)C/C=C\[C@H](C)[C@H](O[Si](C)(C)C(C)(C)C)[C@@H](C)SC(C)(C)C(CC(=O)OC(C)(C)CCC(C)(C)[Si](C)(C)[O-])O[Si](C)(C)C(C)(C)C. The molecule has 0 N–H and O–H groups in total. The van der Waals surface area contributed by atoms with E-state index in [9.17, 15) is 9.59 Å². The number of nitrogens with zero attached hydrogens (tertiary/aromatic N) is 1. The van der Waals surface area contributed by atoms with Crippen molar-refractivity contribution in [3.63, 3.8) is 0 Å². The van der Waals surface area contributed by atoms with Crippen LogP contribution >= 0.6 is 23.1 Å². The quantitative estimate of drug-likeness (QED) is 0.0615. The maximum atomic E-state index is 14.0. The molecular weight excluding hydrogens is 819 g/mol. The molecule has 1 unspecified atom stereocenters.